The summed E-state index contributed by atoms with van der Waals surface area (Å²) >= 11 is 0. The Morgan fingerprint density at radius 3 is 2.92 bits per heavy atom. The van der Waals surface area contributed by atoms with Crippen molar-refractivity contribution in [1.82, 2.24) is 0 Å². The highest BCUT2D eigenvalue weighted by atomic mass is 16.5. The molecule has 0 aromatic rings. The fourth-order valence-electron chi connectivity index (χ4n) is 1.56. The summed E-state index contributed by atoms with van der Waals surface area (Å²) in [4.78, 5) is 0. The van der Waals surface area contributed by atoms with E-state index in [9.17, 15) is 0 Å². The van der Waals surface area contributed by atoms with E-state index in [-0.39, 0.29) is 24.2 Å². The molecule has 0 aromatic carbocycles. The predicted octanol–water partition coefficient (Wildman–Crippen LogP) is 1.74. The zero-order chi connectivity index (χ0) is 9.19. The first-order valence-electron chi connectivity index (χ1n) is 4.53. The van der Waals surface area contributed by atoms with Crippen molar-refractivity contribution in [1.29, 1.82) is 0 Å². The molecular weight excluding hydrogens is 152 g/mol. The normalized spacial score (nSPS) is 38.1. The smallest absolute Gasteiger partial charge is 0.0836 e. The summed E-state index contributed by atoms with van der Waals surface area (Å²) in [5.74, 6) is 0.242. The summed E-state index contributed by atoms with van der Waals surface area (Å²) in [5, 5.41) is 8.93. The van der Waals surface area contributed by atoms with Crippen LogP contribution in [-0.4, -0.2) is 23.4 Å². The molecular formula is C10H18O2. The molecule has 1 saturated heterocycles. The largest absolute Gasteiger partial charge is 0.396 e. The Hall–Kier alpha value is -0.340. The molecule has 0 aromatic heterocycles. The van der Waals surface area contributed by atoms with E-state index in [2.05, 4.69) is 6.58 Å². The van der Waals surface area contributed by atoms with Gasteiger partial charge >= 0.3 is 0 Å². The lowest BCUT2D eigenvalue weighted by molar-refractivity contribution is -0.0305. The molecule has 1 N–H and O–H groups in total. The average molecular weight is 170 g/mol. The minimum atomic E-state index is -0.159. The third-order valence-corrected chi connectivity index (χ3v) is 2.70. The Bertz CT molecular complexity index is 167. The highest BCUT2D eigenvalue weighted by Crippen LogP contribution is 2.33. The van der Waals surface area contributed by atoms with Crippen LogP contribution < -0.4 is 0 Å². The molecule has 1 fully saturated rings. The minimum absolute atomic E-state index is 0.159. The van der Waals surface area contributed by atoms with Gasteiger partial charge in [-0.2, -0.15) is 0 Å². The van der Waals surface area contributed by atoms with Gasteiger partial charge in [0.2, 0.25) is 0 Å². The molecule has 2 nitrogen and oxygen atoms in total. The molecule has 70 valence electrons. The molecule has 1 rings (SSSR count). The summed E-state index contributed by atoms with van der Waals surface area (Å²) in [6, 6.07) is 0. The van der Waals surface area contributed by atoms with Gasteiger partial charge in [-0.05, 0) is 19.8 Å². The third kappa shape index (κ3) is 1.87. The number of hydrogen-bond donors (Lipinski definition) is 1. The molecule has 0 unspecified atom stereocenters. The first-order valence-corrected chi connectivity index (χ1v) is 4.53. The second kappa shape index (κ2) is 3.58. The zero-order valence-electron chi connectivity index (χ0n) is 7.92. The highest BCUT2D eigenvalue weighted by Gasteiger charge is 2.35. The number of rotatable bonds is 3. The van der Waals surface area contributed by atoms with Crippen LogP contribution in [0.25, 0.3) is 0 Å². The lowest BCUT2D eigenvalue weighted by Gasteiger charge is -2.23. The van der Waals surface area contributed by atoms with Gasteiger partial charge in [-0.1, -0.05) is 13.0 Å². The molecule has 0 saturated carbocycles. The predicted molar refractivity (Wildman–Crippen MR) is 49.0 cm³/mol. The van der Waals surface area contributed by atoms with E-state index in [1.165, 1.54) is 0 Å². The van der Waals surface area contributed by atoms with Crippen molar-refractivity contribution in [2.45, 2.75) is 38.4 Å². The standard InChI is InChI=1S/C10H18O2/c1-4-10(3)6-5-9(12-10)8(2)7-11/h4,8-9,11H,1,5-7H2,2-3H3/t8-,9-,10+/m0/s1. The van der Waals surface area contributed by atoms with Crippen LogP contribution >= 0.6 is 0 Å². The third-order valence-electron chi connectivity index (χ3n) is 2.70. The topological polar surface area (TPSA) is 29.5 Å². The first-order chi connectivity index (χ1) is 5.61. The Kier molecular flexibility index (Phi) is 2.91. The molecule has 3 atom stereocenters. The Balaban J connectivity index is 2.50. The van der Waals surface area contributed by atoms with Gasteiger partial charge in [-0.3, -0.25) is 0 Å². The van der Waals surface area contributed by atoms with E-state index < -0.39 is 0 Å². The highest BCUT2D eigenvalue weighted by molar-refractivity contribution is 4.99. The van der Waals surface area contributed by atoms with Crippen molar-refractivity contribution in [2.75, 3.05) is 6.61 Å². The van der Waals surface area contributed by atoms with Crippen molar-refractivity contribution in [3.05, 3.63) is 12.7 Å². The van der Waals surface area contributed by atoms with Crippen molar-refractivity contribution in [2.24, 2.45) is 5.92 Å². The van der Waals surface area contributed by atoms with Gasteiger partial charge in [0, 0.05) is 12.5 Å². The maximum Gasteiger partial charge on any atom is 0.0836 e. The van der Waals surface area contributed by atoms with Gasteiger partial charge in [-0.25, -0.2) is 0 Å². The van der Waals surface area contributed by atoms with E-state index in [0.29, 0.717) is 0 Å². The van der Waals surface area contributed by atoms with Gasteiger partial charge in [-0.15, -0.1) is 6.58 Å². The van der Waals surface area contributed by atoms with Crippen LogP contribution in [0.2, 0.25) is 0 Å². The first kappa shape index (κ1) is 9.75. The molecule has 1 heterocycles. The lowest BCUT2D eigenvalue weighted by atomic mass is 9.99. The van der Waals surface area contributed by atoms with E-state index in [4.69, 9.17) is 9.84 Å². The van der Waals surface area contributed by atoms with Crippen LogP contribution in [0.1, 0.15) is 26.7 Å². The molecule has 0 spiro atoms. The van der Waals surface area contributed by atoms with Crippen LogP contribution in [0.4, 0.5) is 0 Å². The lowest BCUT2D eigenvalue weighted by Crippen LogP contribution is -2.26. The summed E-state index contributed by atoms with van der Waals surface area (Å²) < 4.78 is 5.77. The van der Waals surface area contributed by atoms with Crippen molar-refractivity contribution < 1.29 is 9.84 Å². The molecule has 1 aliphatic heterocycles. The van der Waals surface area contributed by atoms with Crippen LogP contribution in [0.3, 0.4) is 0 Å². The maximum atomic E-state index is 8.93. The van der Waals surface area contributed by atoms with Gasteiger partial charge in [0.05, 0.1) is 11.7 Å². The Morgan fingerprint density at radius 2 is 2.50 bits per heavy atom. The van der Waals surface area contributed by atoms with E-state index >= 15 is 0 Å². The van der Waals surface area contributed by atoms with Crippen LogP contribution in [0.15, 0.2) is 12.7 Å². The number of aliphatic hydroxyl groups excluding tert-OH is 1. The number of ether oxygens (including phenoxy) is 1. The van der Waals surface area contributed by atoms with Crippen LogP contribution in [-0.2, 0) is 4.74 Å². The number of aliphatic hydroxyl groups is 1. The fraction of sp³-hybridized carbons (Fsp3) is 0.800. The molecule has 0 radical (unpaired) electrons. The van der Waals surface area contributed by atoms with Crippen molar-refractivity contribution in [3.63, 3.8) is 0 Å². The maximum absolute atomic E-state index is 8.93. The number of hydrogen-bond acceptors (Lipinski definition) is 2. The Morgan fingerprint density at radius 1 is 1.83 bits per heavy atom. The van der Waals surface area contributed by atoms with Gasteiger partial charge in [0.15, 0.2) is 0 Å². The van der Waals surface area contributed by atoms with Crippen molar-refractivity contribution >= 4 is 0 Å². The minimum Gasteiger partial charge on any atom is -0.396 e. The zero-order valence-corrected chi connectivity index (χ0v) is 7.92. The van der Waals surface area contributed by atoms with Crippen molar-refractivity contribution in [3.8, 4) is 0 Å². The molecule has 12 heavy (non-hydrogen) atoms. The second-order valence-electron chi connectivity index (χ2n) is 3.87. The Labute approximate surface area is 74.2 Å². The van der Waals surface area contributed by atoms with Crippen LogP contribution in [0, 0.1) is 5.92 Å². The SMILES string of the molecule is C=C[C@]1(C)CC[C@@H]([C@@H](C)CO)O1. The quantitative estimate of drug-likeness (QED) is 0.654. The molecule has 0 aliphatic carbocycles. The summed E-state index contributed by atoms with van der Waals surface area (Å²) in [6.07, 6.45) is 4.12. The average Bonchev–Trinajstić information content (AvgIpc) is 2.48. The monoisotopic (exact) mass is 170 g/mol. The fourth-order valence-corrected chi connectivity index (χ4v) is 1.56. The molecule has 1 aliphatic rings. The second-order valence-corrected chi connectivity index (χ2v) is 3.87. The van der Waals surface area contributed by atoms with E-state index in [1.807, 2.05) is 19.9 Å². The van der Waals surface area contributed by atoms with Crippen LogP contribution in [0.5, 0.6) is 0 Å². The van der Waals surface area contributed by atoms with E-state index in [1.54, 1.807) is 0 Å². The molecule has 0 amide bonds. The van der Waals surface area contributed by atoms with Gasteiger partial charge < -0.3 is 9.84 Å². The summed E-state index contributed by atoms with van der Waals surface area (Å²) in [7, 11) is 0. The van der Waals surface area contributed by atoms with E-state index in [0.717, 1.165) is 12.8 Å². The molecule has 0 bridgehead atoms. The summed E-state index contributed by atoms with van der Waals surface area (Å²) in [5.41, 5.74) is -0.159. The van der Waals surface area contributed by atoms with Gasteiger partial charge in [0.25, 0.3) is 0 Å². The van der Waals surface area contributed by atoms with Gasteiger partial charge in [0.1, 0.15) is 0 Å². The summed E-state index contributed by atoms with van der Waals surface area (Å²) in [6.45, 7) is 8.01. The molecule has 2 heteroatoms.